The van der Waals surface area contributed by atoms with Gasteiger partial charge in [-0.1, -0.05) is 12.5 Å². The molecule has 0 aliphatic carbocycles. The Balaban J connectivity index is 0.00000288. The Labute approximate surface area is 162 Å². The molecule has 0 amide bonds. The highest BCUT2D eigenvalue weighted by molar-refractivity contribution is 14.0. The highest BCUT2D eigenvalue weighted by atomic mass is 127. The molecule has 2 heterocycles. The summed E-state index contributed by atoms with van der Waals surface area (Å²) < 4.78 is 5.07. The van der Waals surface area contributed by atoms with Gasteiger partial charge in [0, 0.05) is 31.9 Å². The zero-order valence-corrected chi connectivity index (χ0v) is 17.1. The molecule has 0 aromatic carbocycles. The van der Waals surface area contributed by atoms with Gasteiger partial charge in [-0.05, 0) is 38.4 Å². The largest absolute Gasteiger partial charge is 0.481 e. The summed E-state index contributed by atoms with van der Waals surface area (Å²) in [4.78, 5) is 11.3. The summed E-state index contributed by atoms with van der Waals surface area (Å²) in [5.74, 6) is 1.49. The fraction of sp³-hybridized carbons (Fsp3) is 0.647. The van der Waals surface area contributed by atoms with Crippen LogP contribution in [-0.4, -0.2) is 55.7 Å². The van der Waals surface area contributed by atoms with Gasteiger partial charge in [0.1, 0.15) is 0 Å². The van der Waals surface area contributed by atoms with Crippen molar-refractivity contribution in [3.63, 3.8) is 0 Å². The first kappa shape index (κ1) is 21.0. The molecule has 0 bridgehead atoms. The minimum atomic E-state index is 0. The number of piperidine rings is 1. The first-order valence-electron chi connectivity index (χ1n) is 8.55. The Bertz CT molecular complexity index is 474. The number of pyridine rings is 1. The molecule has 2 rings (SSSR count). The van der Waals surface area contributed by atoms with E-state index in [9.17, 15) is 0 Å². The maximum absolute atomic E-state index is 5.07. The van der Waals surface area contributed by atoms with Crippen LogP contribution in [0.2, 0.25) is 0 Å². The van der Waals surface area contributed by atoms with E-state index in [4.69, 9.17) is 4.74 Å². The normalized spacial score (nSPS) is 15.5. The number of nitrogens with zero attached hydrogens (tertiary/aromatic N) is 3. The maximum atomic E-state index is 5.07. The Hall–Kier alpha value is -1.09. The number of ether oxygens (including phenoxy) is 1. The number of guanidine groups is 1. The number of hydrogen-bond donors (Lipinski definition) is 2. The lowest BCUT2D eigenvalue weighted by Gasteiger charge is -2.26. The van der Waals surface area contributed by atoms with Crippen LogP contribution in [0, 0.1) is 0 Å². The smallest absolute Gasteiger partial charge is 0.212 e. The summed E-state index contributed by atoms with van der Waals surface area (Å²) in [6.07, 6.45) is 5.85. The SMILES string of the molecule is CCNC(=NCc1ccc(OC)nc1)NCCN1CCCCC1.I. The quantitative estimate of drug-likeness (QED) is 0.382. The Morgan fingerprint density at radius 3 is 2.67 bits per heavy atom. The number of aromatic nitrogens is 1. The van der Waals surface area contributed by atoms with Crippen LogP contribution >= 0.6 is 24.0 Å². The molecule has 7 heteroatoms. The molecule has 0 radical (unpaired) electrons. The van der Waals surface area contributed by atoms with E-state index in [1.807, 2.05) is 12.1 Å². The third kappa shape index (κ3) is 7.65. The van der Waals surface area contributed by atoms with Crippen molar-refractivity contribution in [3.8, 4) is 5.88 Å². The second-order valence-corrected chi connectivity index (χ2v) is 5.73. The van der Waals surface area contributed by atoms with Crippen LogP contribution in [0.4, 0.5) is 0 Å². The van der Waals surface area contributed by atoms with Crippen LogP contribution in [-0.2, 0) is 6.54 Å². The number of hydrogen-bond acceptors (Lipinski definition) is 4. The summed E-state index contributed by atoms with van der Waals surface area (Å²) in [5, 5.41) is 6.70. The minimum Gasteiger partial charge on any atom is -0.481 e. The standard InChI is InChI=1S/C17H29N5O.HI/c1-3-18-17(19-9-12-22-10-5-4-6-11-22)21-14-15-7-8-16(23-2)20-13-15;/h7-8,13H,3-6,9-12,14H2,1-2H3,(H2,18,19,21);1H. The van der Waals surface area contributed by atoms with Crippen molar-refractivity contribution in [2.45, 2.75) is 32.7 Å². The predicted molar refractivity (Wildman–Crippen MR) is 109 cm³/mol. The van der Waals surface area contributed by atoms with E-state index in [1.165, 1.54) is 32.4 Å². The third-order valence-electron chi connectivity index (χ3n) is 3.94. The van der Waals surface area contributed by atoms with E-state index in [1.54, 1.807) is 13.3 Å². The predicted octanol–water partition coefficient (Wildman–Crippen LogP) is 2.25. The second-order valence-electron chi connectivity index (χ2n) is 5.73. The molecule has 1 aliphatic heterocycles. The van der Waals surface area contributed by atoms with Gasteiger partial charge in [-0.25, -0.2) is 9.98 Å². The third-order valence-corrected chi connectivity index (χ3v) is 3.94. The summed E-state index contributed by atoms with van der Waals surface area (Å²) in [6.45, 7) is 8.00. The van der Waals surface area contributed by atoms with Crippen molar-refractivity contribution < 1.29 is 4.74 Å². The number of aliphatic imine (C=N–C) groups is 1. The Morgan fingerprint density at radius 2 is 2.04 bits per heavy atom. The molecule has 24 heavy (non-hydrogen) atoms. The van der Waals surface area contributed by atoms with E-state index >= 15 is 0 Å². The van der Waals surface area contributed by atoms with Crippen LogP contribution < -0.4 is 15.4 Å². The van der Waals surface area contributed by atoms with Crippen molar-refractivity contribution in [2.75, 3.05) is 39.8 Å². The van der Waals surface area contributed by atoms with Gasteiger partial charge in [0.2, 0.25) is 5.88 Å². The second kappa shape index (κ2) is 12.3. The Kier molecular flexibility index (Phi) is 10.7. The molecule has 1 aromatic heterocycles. The van der Waals surface area contributed by atoms with Crippen LogP contribution in [0.5, 0.6) is 5.88 Å². The molecule has 2 N–H and O–H groups in total. The minimum absolute atomic E-state index is 0. The van der Waals surface area contributed by atoms with Crippen molar-refractivity contribution in [1.82, 2.24) is 20.5 Å². The van der Waals surface area contributed by atoms with Crippen molar-refractivity contribution >= 4 is 29.9 Å². The summed E-state index contributed by atoms with van der Waals surface area (Å²) >= 11 is 0. The van der Waals surface area contributed by atoms with E-state index in [0.717, 1.165) is 31.2 Å². The fourth-order valence-corrected chi connectivity index (χ4v) is 2.65. The van der Waals surface area contributed by atoms with Gasteiger partial charge < -0.3 is 20.3 Å². The Morgan fingerprint density at radius 1 is 1.25 bits per heavy atom. The molecular formula is C17H30IN5O. The highest BCUT2D eigenvalue weighted by Gasteiger charge is 2.09. The van der Waals surface area contributed by atoms with Crippen LogP contribution in [0.15, 0.2) is 23.3 Å². The molecule has 0 atom stereocenters. The number of rotatable bonds is 7. The first-order chi connectivity index (χ1) is 11.3. The highest BCUT2D eigenvalue weighted by Crippen LogP contribution is 2.08. The van der Waals surface area contributed by atoms with Gasteiger partial charge in [0.25, 0.3) is 0 Å². The van der Waals surface area contributed by atoms with E-state index in [-0.39, 0.29) is 24.0 Å². The molecule has 1 fully saturated rings. The average molecular weight is 447 g/mol. The molecule has 1 aliphatic rings. The van der Waals surface area contributed by atoms with Gasteiger partial charge in [-0.15, -0.1) is 24.0 Å². The lowest BCUT2D eigenvalue weighted by atomic mass is 10.1. The molecule has 1 saturated heterocycles. The van der Waals surface area contributed by atoms with Crippen molar-refractivity contribution in [3.05, 3.63) is 23.9 Å². The molecule has 0 saturated carbocycles. The summed E-state index contributed by atoms with van der Waals surface area (Å²) in [7, 11) is 1.62. The maximum Gasteiger partial charge on any atom is 0.212 e. The number of nitrogens with one attached hydrogen (secondary N) is 2. The van der Waals surface area contributed by atoms with Gasteiger partial charge in [-0.2, -0.15) is 0 Å². The van der Waals surface area contributed by atoms with Crippen molar-refractivity contribution in [1.29, 1.82) is 0 Å². The number of likely N-dealkylation sites (tertiary alicyclic amines) is 1. The molecule has 6 nitrogen and oxygen atoms in total. The zero-order valence-electron chi connectivity index (χ0n) is 14.8. The molecule has 1 aromatic rings. The molecule has 0 spiro atoms. The molecular weight excluding hydrogens is 417 g/mol. The van der Waals surface area contributed by atoms with Gasteiger partial charge in [-0.3, -0.25) is 0 Å². The summed E-state index contributed by atoms with van der Waals surface area (Å²) in [6, 6.07) is 3.86. The lowest BCUT2D eigenvalue weighted by molar-refractivity contribution is 0.232. The number of methoxy groups -OCH3 is 1. The summed E-state index contributed by atoms with van der Waals surface area (Å²) in [5.41, 5.74) is 1.07. The van der Waals surface area contributed by atoms with E-state index in [2.05, 4.69) is 32.4 Å². The topological polar surface area (TPSA) is 61.8 Å². The van der Waals surface area contributed by atoms with E-state index < -0.39 is 0 Å². The van der Waals surface area contributed by atoms with Crippen LogP contribution in [0.25, 0.3) is 0 Å². The van der Waals surface area contributed by atoms with Crippen LogP contribution in [0.1, 0.15) is 31.7 Å². The fourth-order valence-electron chi connectivity index (χ4n) is 2.65. The lowest BCUT2D eigenvalue weighted by Crippen LogP contribution is -2.42. The molecule has 136 valence electrons. The van der Waals surface area contributed by atoms with E-state index in [0.29, 0.717) is 12.4 Å². The van der Waals surface area contributed by atoms with Gasteiger partial charge in [0.15, 0.2) is 5.96 Å². The zero-order chi connectivity index (χ0) is 16.3. The number of halogens is 1. The van der Waals surface area contributed by atoms with Gasteiger partial charge in [0.05, 0.1) is 13.7 Å². The van der Waals surface area contributed by atoms with Crippen molar-refractivity contribution in [2.24, 2.45) is 4.99 Å². The monoisotopic (exact) mass is 447 g/mol. The average Bonchev–Trinajstić information content (AvgIpc) is 2.61. The first-order valence-corrected chi connectivity index (χ1v) is 8.55. The van der Waals surface area contributed by atoms with Crippen LogP contribution in [0.3, 0.4) is 0 Å². The molecule has 0 unspecified atom stereocenters. The van der Waals surface area contributed by atoms with Gasteiger partial charge >= 0.3 is 0 Å².